The van der Waals surface area contributed by atoms with Crippen LogP contribution in [0.15, 0.2) is 18.3 Å². The van der Waals surface area contributed by atoms with Crippen LogP contribution in [0, 0.1) is 6.92 Å². The van der Waals surface area contributed by atoms with E-state index in [2.05, 4.69) is 41.0 Å². The van der Waals surface area contributed by atoms with E-state index in [4.69, 9.17) is 0 Å². The normalized spacial score (nSPS) is 18.6. The van der Waals surface area contributed by atoms with E-state index in [-0.39, 0.29) is 0 Å². The third kappa shape index (κ3) is 4.11. The lowest BCUT2D eigenvalue weighted by Gasteiger charge is -2.36. The number of pyridine rings is 1. The molecule has 2 heterocycles. The first-order valence-corrected chi connectivity index (χ1v) is 8.41. The van der Waals surface area contributed by atoms with Crippen molar-refractivity contribution in [1.82, 2.24) is 9.88 Å². The summed E-state index contributed by atoms with van der Waals surface area (Å²) in [4.78, 5) is 9.52. The van der Waals surface area contributed by atoms with Crippen molar-refractivity contribution in [3.05, 3.63) is 23.9 Å². The summed E-state index contributed by atoms with van der Waals surface area (Å²) in [7, 11) is 0. The maximum absolute atomic E-state index is 4.52. The van der Waals surface area contributed by atoms with Crippen LogP contribution in [0.2, 0.25) is 0 Å². The smallest absolute Gasteiger partial charge is 0.131 e. The van der Waals surface area contributed by atoms with E-state index in [1.807, 2.05) is 24.0 Å². The van der Waals surface area contributed by atoms with Gasteiger partial charge in [0.2, 0.25) is 0 Å². The minimum Gasteiger partial charge on any atom is -0.354 e. The van der Waals surface area contributed by atoms with Crippen molar-refractivity contribution >= 4 is 17.6 Å². The van der Waals surface area contributed by atoms with E-state index in [1.54, 1.807) is 0 Å². The molecule has 4 heteroatoms. The molecule has 0 saturated carbocycles. The van der Waals surface area contributed by atoms with Crippen LogP contribution in [0.3, 0.4) is 0 Å². The summed E-state index contributed by atoms with van der Waals surface area (Å²) in [5.74, 6) is 1.17. The molecule has 1 aliphatic heterocycles. The molecule has 0 radical (unpaired) electrons. The monoisotopic (exact) mass is 279 g/mol. The van der Waals surface area contributed by atoms with E-state index < -0.39 is 0 Å². The van der Waals surface area contributed by atoms with Gasteiger partial charge >= 0.3 is 0 Å². The first-order valence-electron chi connectivity index (χ1n) is 7.12. The molecule has 1 aromatic rings. The zero-order valence-electron chi connectivity index (χ0n) is 12.3. The predicted molar refractivity (Wildman–Crippen MR) is 85.2 cm³/mol. The van der Waals surface area contributed by atoms with Crippen molar-refractivity contribution in [1.29, 1.82) is 0 Å². The quantitative estimate of drug-likeness (QED) is 0.825. The molecule has 0 unspecified atom stereocenters. The van der Waals surface area contributed by atoms with Crippen LogP contribution in [0.5, 0.6) is 0 Å². The zero-order chi connectivity index (χ0) is 13.7. The highest BCUT2D eigenvalue weighted by Gasteiger charge is 2.19. The molecular weight excluding hydrogens is 254 g/mol. The summed E-state index contributed by atoms with van der Waals surface area (Å²) in [6.45, 7) is 10.2. The molecule has 106 valence electrons. The summed E-state index contributed by atoms with van der Waals surface area (Å²) >= 11 is 1.97. The Morgan fingerprint density at radius 3 is 2.68 bits per heavy atom. The Hall–Kier alpha value is -0.740. The second-order valence-electron chi connectivity index (χ2n) is 5.31. The summed E-state index contributed by atoms with van der Waals surface area (Å²) in [6.07, 6.45) is 5.39. The van der Waals surface area contributed by atoms with Gasteiger partial charge in [-0.15, -0.1) is 0 Å². The van der Waals surface area contributed by atoms with Crippen LogP contribution in [0.1, 0.15) is 18.9 Å². The van der Waals surface area contributed by atoms with Gasteiger partial charge in [-0.3, -0.25) is 4.90 Å². The van der Waals surface area contributed by atoms with E-state index >= 15 is 0 Å². The van der Waals surface area contributed by atoms with Gasteiger partial charge in [0, 0.05) is 37.6 Å². The first-order chi connectivity index (χ1) is 9.20. The molecule has 1 fully saturated rings. The van der Waals surface area contributed by atoms with Crippen molar-refractivity contribution in [2.75, 3.05) is 43.9 Å². The van der Waals surface area contributed by atoms with Crippen molar-refractivity contribution in [3.63, 3.8) is 0 Å². The second-order valence-corrected chi connectivity index (χ2v) is 6.58. The molecule has 0 spiro atoms. The van der Waals surface area contributed by atoms with E-state index in [1.165, 1.54) is 24.3 Å². The van der Waals surface area contributed by atoms with E-state index in [0.717, 1.165) is 31.4 Å². The summed E-state index contributed by atoms with van der Waals surface area (Å²) in [5.41, 5.74) is 1.28. The molecule has 0 bridgehead atoms. The van der Waals surface area contributed by atoms with Gasteiger partial charge in [-0.2, -0.15) is 11.8 Å². The molecule has 1 aliphatic rings. The van der Waals surface area contributed by atoms with Gasteiger partial charge in [0.1, 0.15) is 5.82 Å². The third-order valence-electron chi connectivity index (χ3n) is 3.91. The lowest BCUT2D eigenvalue weighted by Crippen LogP contribution is -2.47. The van der Waals surface area contributed by atoms with Gasteiger partial charge in [-0.25, -0.2) is 4.98 Å². The number of hydrogen-bond donors (Lipinski definition) is 0. The van der Waals surface area contributed by atoms with Crippen molar-refractivity contribution in [2.45, 2.75) is 25.5 Å². The van der Waals surface area contributed by atoms with Crippen molar-refractivity contribution in [3.8, 4) is 0 Å². The van der Waals surface area contributed by atoms with Crippen LogP contribution in [0.4, 0.5) is 5.82 Å². The standard InChI is InChI=1S/C15H25N3S/c1-13-5-4-7-16-15(13)18-11-9-17(10-12-18)8-6-14(2)19-3/h4-5,7,14H,6,8-12H2,1-3H3/t14-/m1/s1. The number of nitrogens with zero attached hydrogens (tertiary/aromatic N) is 3. The summed E-state index contributed by atoms with van der Waals surface area (Å²) in [5, 5.41) is 0.774. The van der Waals surface area contributed by atoms with Crippen LogP contribution in [-0.2, 0) is 0 Å². The average Bonchev–Trinajstić information content (AvgIpc) is 2.46. The molecule has 1 atom stereocenters. The fourth-order valence-corrected chi connectivity index (χ4v) is 2.82. The number of aryl methyl sites for hydroxylation is 1. The minimum atomic E-state index is 0.774. The minimum absolute atomic E-state index is 0.774. The number of aromatic nitrogens is 1. The number of anilines is 1. The summed E-state index contributed by atoms with van der Waals surface area (Å²) < 4.78 is 0. The predicted octanol–water partition coefficient (Wildman–Crippen LogP) is 2.65. The lowest BCUT2D eigenvalue weighted by atomic mass is 10.2. The van der Waals surface area contributed by atoms with E-state index in [9.17, 15) is 0 Å². The van der Waals surface area contributed by atoms with Crippen LogP contribution < -0.4 is 4.90 Å². The van der Waals surface area contributed by atoms with Gasteiger partial charge in [-0.1, -0.05) is 13.0 Å². The highest BCUT2D eigenvalue weighted by molar-refractivity contribution is 7.99. The van der Waals surface area contributed by atoms with Crippen LogP contribution in [0.25, 0.3) is 0 Å². The van der Waals surface area contributed by atoms with Crippen molar-refractivity contribution < 1.29 is 0 Å². The van der Waals surface area contributed by atoms with Crippen molar-refractivity contribution in [2.24, 2.45) is 0 Å². The Bertz CT molecular complexity index is 389. The first kappa shape index (κ1) is 14.7. The molecular formula is C15H25N3S. The highest BCUT2D eigenvalue weighted by Crippen LogP contribution is 2.18. The molecule has 3 nitrogen and oxygen atoms in total. The van der Waals surface area contributed by atoms with E-state index in [0.29, 0.717) is 0 Å². The molecule has 0 amide bonds. The Labute approximate surface area is 121 Å². The molecule has 0 aromatic carbocycles. The number of piperazine rings is 1. The Morgan fingerprint density at radius 2 is 2.05 bits per heavy atom. The SMILES string of the molecule is CS[C@H](C)CCN1CCN(c2ncccc2C)CC1. The Balaban J connectivity index is 1.81. The van der Waals surface area contributed by atoms with Gasteiger partial charge in [-0.05, 0) is 37.8 Å². The molecule has 0 N–H and O–H groups in total. The molecule has 0 aliphatic carbocycles. The second kappa shape index (κ2) is 7.15. The molecule has 19 heavy (non-hydrogen) atoms. The number of rotatable bonds is 5. The summed E-state index contributed by atoms with van der Waals surface area (Å²) in [6, 6.07) is 4.16. The molecule has 2 rings (SSSR count). The average molecular weight is 279 g/mol. The van der Waals surface area contributed by atoms with Gasteiger partial charge in [0.15, 0.2) is 0 Å². The Morgan fingerprint density at radius 1 is 1.32 bits per heavy atom. The lowest BCUT2D eigenvalue weighted by molar-refractivity contribution is 0.254. The topological polar surface area (TPSA) is 19.4 Å². The van der Waals surface area contributed by atoms with Gasteiger partial charge < -0.3 is 4.90 Å². The number of thioether (sulfide) groups is 1. The highest BCUT2D eigenvalue weighted by atomic mass is 32.2. The molecule has 1 aromatic heterocycles. The van der Waals surface area contributed by atoms with Crippen LogP contribution >= 0.6 is 11.8 Å². The maximum atomic E-state index is 4.52. The zero-order valence-corrected chi connectivity index (χ0v) is 13.1. The van der Waals surface area contributed by atoms with Crippen LogP contribution in [-0.4, -0.2) is 54.1 Å². The third-order valence-corrected chi connectivity index (χ3v) is 4.95. The van der Waals surface area contributed by atoms with Gasteiger partial charge in [0.05, 0.1) is 0 Å². The maximum Gasteiger partial charge on any atom is 0.131 e. The molecule has 1 saturated heterocycles. The largest absolute Gasteiger partial charge is 0.354 e. The fourth-order valence-electron chi connectivity index (χ4n) is 2.47. The van der Waals surface area contributed by atoms with Gasteiger partial charge in [0.25, 0.3) is 0 Å². The Kier molecular flexibility index (Phi) is 5.52. The fraction of sp³-hybridized carbons (Fsp3) is 0.667. The number of hydrogen-bond acceptors (Lipinski definition) is 4.